The zero-order chi connectivity index (χ0) is 13.5. The fourth-order valence-corrected chi connectivity index (χ4v) is 1.78. The maximum Gasteiger partial charge on any atom is 0.372 e. The van der Waals surface area contributed by atoms with E-state index in [9.17, 15) is 14.0 Å². The topological polar surface area (TPSA) is 54.4 Å². The Bertz CT molecular complexity index is 441. The molecule has 0 aliphatic rings. The van der Waals surface area contributed by atoms with Crippen molar-refractivity contribution in [3.05, 3.63) is 35.1 Å². The number of aryl methyl sites for hydroxylation is 1. The minimum atomic E-state index is -1.52. The lowest BCUT2D eigenvalue weighted by molar-refractivity contribution is -0.148. The van der Waals surface area contributed by atoms with Gasteiger partial charge in [0.15, 0.2) is 0 Å². The number of ketones is 1. The van der Waals surface area contributed by atoms with Crippen molar-refractivity contribution >= 4 is 11.8 Å². The van der Waals surface area contributed by atoms with Crippen molar-refractivity contribution in [3.63, 3.8) is 0 Å². The van der Waals surface area contributed by atoms with Crippen LogP contribution in [-0.4, -0.2) is 16.9 Å². The molecule has 18 heavy (non-hydrogen) atoms. The Labute approximate surface area is 106 Å². The molecule has 0 saturated heterocycles. The van der Waals surface area contributed by atoms with Crippen LogP contribution in [0, 0.1) is 5.82 Å². The van der Waals surface area contributed by atoms with E-state index in [1.165, 1.54) is 6.07 Å². The van der Waals surface area contributed by atoms with Gasteiger partial charge in [-0.1, -0.05) is 38.0 Å². The van der Waals surface area contributed by atoms with E-state index in [0.29, 0.717) is 12.0 Å². The van der Waals surface area contributed by atoms with Crippen LogP contribution in [0.25, 0.3) is 0 Å². The number of Topliss-reactive ketones (excluding diaryl/α,β-unsaturated/α-hetero) is 1. The summed E-state index contributed by atoms with van der Waals surface area (Å²) in [6, 6.07) is 4.80. The van der Waals surface area contributed by atoms with E-state index in [1.807, 2.05) is 0 Å². The minimum absolute atomic E-state index is 0.163. The van der Waals surface area contributed by atoms with Gasteiger partial charge in [-0.15, -0.1) is 0 Å². The molecule has 0 aliphatic carbocycles. The summed E-state index contributed by atoms with van der Waals surface area (Å²) in [5.74, 6) is -2.95. The largest absolute Gasteiger partial charge is 0.475 e. The molecule has 0 unspecified atom stereocenters. The van der Waals surface area contributed by atoms with E-state index in [1.54, 1.807) is 12.1 Å². The molecule has 0 amide bonds. The monoisotopic (exact) mass is 252 g/mol. The number of carbonyl (C=O) groups is 2. The third-order valence-electron chi connectivity index (χ3n) is 2.80. The molecule has 0 bridgehead atoms. The SMILES string of the molecule is CCCCCc1cccc(CC(=O)C(=O)O)c1F. The average molecular weight is 252 g/mol. The number of benzene rings is 1. The Balaban J connectivity index is 2.78. The van der Waals surface area contributed by atoms with Crippen LogP contribution in [0.3, 0.4) is 0 Å². The molecule has 4 heteroatoms. The van der Waals surface area contributed by atoms with E-state index < -0.39 is 17.6 Å². The van der Waals surface area contributed by atoms with Crippen molar-refractivity contribution in [1.82, 2.24) is 0 Å². The fraction of sp³-hybridized carbons (Fsp3) is 0.429. The summed E-state index contributed by atoms with van der Waals surface area (Å²) in [5.41, 5.74) is 0.718. The molecule has 0 saturated carbocycles. The van der Waals surface area contributed by atoms with Crippen molar-refractivity contribution in [2.75, 3.05) is 0 Å². The Morgan fingerprint density at radius 1 is 1.22 bits per heavy atom. The van der Waals surface area contributed by atoms with E-state index in [-0.39, 0.29) is 12.0 Å². The first kappa shape index (κ1) is 14.4. The number of hydrogen-bond donors (Lipinski definition) is 1. The Morgan fingerprint density at radius 3 is 2.50 bits per heavy atom. The number of unbranched alkanes of at least 4 members (excludes halogenated alkanes) is 2. The first-order valence-electron chi connectivity index (χ1n) is 6.08. The van der Waals surface area contributed by atoms with Crippen LogP contribution in [0.4, 0.5) is 4.39 Å². The maximum absolute atomic E-state index is 14.0. The predicted molar refractivity (Wildman–Crippen MR) is 66.0 cm³/mol. The van der Waals surface area contributed by atoms with Gasteiger partial charge in [0.1, 0.15) is 5.82 Å². The van der Waals surface area contributed by atoms with Gasteiger partial charge in [0.05, 0.1) is 0 Å². The summed E-state index contributed by atoms with van der Waals surface area (Å²) in [7, 11) is 0. The molecule has 0 atom stereocenters. The highest BCUT2D eigenvalue weighted by Gasteiger charge is 2.16. The lowest BCUT2D eigenvalue weighted by Gasteiger charge is -2.07. The molecule has 0 radical (unpaired) electrons. The highest BCUT2D eigenvalue weighted by atomic mass is 19.1. The Kier molecular flexibility index (Phi) is 5.49. The van der Waals surface area contributed by atoms with Gasteiger partial charge in [-0.3, -0.25) is 4.79 Å². The van der Waals surface area contributed by atoms with Crippen molar-refractivity contribution in [2.45, 2.75) is 39.0 Å². The molecular weight excluding hydrogens is 235 g/mol. The lowest BCUT2D eigenvalue weighted by Crippen LogP contribution is -2.16. The van der Waals surface area contributed by atoms with Crippen LogP contribution in [0.5, 0.6) is 0 Å². The highest BCUT2D eigenvalue weighted by molar-refractivity contribution is 6.33. The van der Waals surface area contributed by atoms with Crippen LogP contribution in [-0.2, 0) is 22.4 Å². The number of carbonyl (C=O) groups excluding carboxylic acids is 1. The standard InChI is InChI=1S/C14H17FO3/c1-2-3-4-6-10-7-5-8-11(13(10)15)9-12(16)14(17)18/h5,7-8H,2-4,6,9H2,1H3,(H,17,18). The zero-order valence-electron chi connectivity index (χ0n) is 10.4. The van der Waals surface area contributed by atoms with Gasteiger partial charge in [-0.05, 0) is 24.0 Å². The molecule has 98 valence electrons. The predicted octanol–water partition coefficient (Wildman–Crippen LogP) is 2.75. The van der Waals surface area contributed by atoms with Crippen LogP contribution < -0.4 is 0 Å². The zero-order valence-corrected chi connectivity index (χ0v) is 10.4. The molecule has 0 spiro atoms. The molecule has 1 N–H and O–H groups in total. The van der Waals surface area contributed by atoms with Gasteiger partial charge in [-0.2, -0.15) is 0 Å². The Hall–Kier alpha value is -1.71. The molecule has 3 nitrogen and oxygen atoms in total. The summed E-state index contributed by atoms with van der Waals surface area (Å²) in [6.07, 6.45) is 3.21. The summed E-state index contributed by atoms with van der Waals surface area (Å²) in [5, 5.41) is 8.50. The fourth-order valence-electron chi connectivity index (χ4n) is 1.78. The number of hydrogen-bond acceptors (Lipinski definition) is 2. The van der Waals surface area contributed by atoms with Crippen molar-refractivity contribution in [1.29, 1.82) is 0 Å². The second kappa shape index (κ2) is 6.89. The van der Waals surface area contributed by atoms with Gasteiger partial charge in [-0.25, -0.2) is 9.18 Å². The summed E-state index contributed by atoms with van der Waals surface area (Å²) < 4.78 is 14.0. The number of aliphatic carboxylic acids is 1. The first-order valence-corrected chi connectivity index (χ1v) is 6.08. The third-order valence-corrected chi connectivity index (χ3v) is 2.80. The quantitative estimate of drug-likeness (QED) is 0.599. The molecule has 1 aromatic rings. The summed E-state index contributed by atoms with van der Waals surface area (Å²) in [6.45, 7) is 2.07. The first-order chi connectivity index (χ1) is 8.56. The van der Waals surface area contributed by atoms with Crippen LogP contribution in [0.15, 0.2) is 18.2 Å². The van der Waals surface area contributed by atoms with E-state index >= 15 is 0 Å². The number of carboxylic acids is 1. The second-order valence-electron chi connectivity index (χ2n) is 4.25. The molecule has 0 heterocycles. The minimum Gasteiger partial charge on any atom is -0.475 e. The molecule has 1 aromatic carbocycles. The lowest BCUT2D eigenvalue weighted by atomic mass is 10.0. The molecular formula is C14H17FO3. The van der Waals surface area contributed by atoms with Gasteiger partial charge >= 0.3 is 5.97 Å². The summed E-state index contributed by atoms with van der Waals surface area (Å²) >= 11 is 0. The van der Waals surface area contributed by atoms with Gasteiger partial charge < -0.3 is 5.11 Å². The van der Waals surface area contributed by atoms with Crippen molar-refractivity contribution in [2.24, 2.45) is 0 Å². The number of halogens is 1. The summed E-state index contributed by atoms with van der Waals surface area (Å²) in [4.78, 5) is 21.5. The molecule has 0 fully saturated rings. The number of rotatable bonds is 7. The smallest absolute Gasteiger partial charge is 0.372 e. The van der Waals surface area contributed by atoms with E-state index in [0.717, 1.165) is 19.3 Å². The third kappa shape index (κ3) is 3.95. The number of carboxylic acid groups (broad SMARTS) is 1. The van der Waals surface area contributed by atoms with E-state index in [2.05, 4.69) is 6.92 Å². The van der Waals surface area contributed by atoms with Crippen LogP contribution in [0.1, 0.15) is 37.3 Å². The van der Waals surface area contributed by atoms with Crippen molar-refractivity contribution < 1.29 is 19.1 Å². The molecule has 0 aliphatic heterocycles. The van der Waals surface area contributed by atoms with Crippen LogP contribution in [0.2, 0.25) is 0 Å². The molecule has 0 aromatic heterocycles. The Morgan fingerprint density at radius 2 is 1.89 bits per heavy atom. The van der Waals surface area contributed by atoms with Crippen LogP contribution >= 0.6 is 0 Å². The maximum atomic E-state index is 14.0. The highest BCUT2D eigenvalue weighted by Crippen LogP contribution is 2.16. The van der Waals surface area contributed by atoms with Gasteiger partial charge in [0, 0.05) is 6.42 Å². The normalized spacial score (nSPS) is 10.3. The van der Waals surface area contributed by atoms with Gasteiger partial charge in [0.25, 0.3) is 0 Å². The van der Waals surface area contributed by atoms with Crippen molar-refractivity contribution in [3.8, 4) is 0 Å². The van der Waals surface area contributed by atoms with E-state index in [4.69, 9.17) is 5.11 Å². The average Bonchev–Trinajstić information content (AvgIpc) is 2.33. The second-order valence-corrected chi connectivity index (χ2v) is 4.25. The molecule has 1 rings (SSSR count). The van der Waals surface area contributed by atoms with Gasteiger partial charge in [0.2, 0.25) is 5.78 Å².